The van der Waals surface area contributed by atoms with Gasteiger partial charge in [0.25, 0.3) is 0 Å². The summed E-state index contributed by atoms with van der Waals surface area (Å²) in [5.41, 5.74) is 0.126. The molecule has 10 atom stereocenters. The molecule has 3 amide bonds. The van der Waals surface area contributed by atoms with Gasteiger partial charge < -0.3 is 25.0 Å². The number of nitrogens with zero attached hydrogens (tertiary/aromatic N) is 2. The first-order valence-corrected chi connectivity index (χ1v) is 24.4. The number of likely N-dealkylation sites (tertiary alicyclic amines) is 1. The number of hydrogen-bond donors (Lipinski definition) is 2. The van der Waals surface area contributed by atoms with Crippen molar-refractivity contribution in [2.75, 3.05) is 13.1 Å². The van der Waals surface area contributed by atoms with E-state index in [1.807, 2.05) is 69.9 Å². The number of amides is 3. The topological polar surface area (TPSA) is 116 Å². The molecule has 0 spiro atoms. The molecule has 6 aliphatic rings. The number of aliphatic hydroxyl groups excluding tert-OH is 1. The molecule has 5 fully saturated rings. The van der Waals surface area contributed by atoms with Gasteiger partial charge >= 0.3 is 6.09 Å². The van der Waals surface area contributed by atoms with Crippen LogP contribution in [0.25, 0.3) is 0 Å². The maximum Gasteiger partial charge on any atom is 0.410 e. The Morgan fingerprint density at radius 2 is 1.53 bits per heavy atom. The van der Waals surface area contributed by atoms with E-state index in [0.717, 1.165) is 69.8 Å². The van der Waals surface area contributed by atoms with Gasteiger partial charge in [-0.25, -0.2) is 4.79 Å². The lowest BCUT2D eigenvalue weighted by Crippen LogP contribution is -2.66. The average molecular weight is 856 g/mol. The largest absolute Gasteiger partial charge is 0.444 e. The molecule has 1 aromatic rings. The normalized spacial score (nSPS) is 37.5. The Hall–Kier alpha value is -3.20. The van der Waals surface area contributed by atoms with Crippen molar-refractivity contribution in [1.29, 1.82) is 0 Å². The van der Waals surface area contributed by atoms with Crippen LogP contribution in [0.15, 0.2) is 42.0 Å². The number of rotatable bonds is 8. The number of benzene rings is 1. The molecule has 0 radical (unpaired) electrons. The van der Waals surface area contributed by atoms with Gasteiger partial charge in [-0.15, -0.1) is 0 Å². The molecule has 4 saturated carbocycles. The van der Waals surface area contributed by atoms with Gasteiger partial charge in [0, 0.05) is 37.0 Å². The Balaban J connectivity index is 1.17. The van der Waals surface area contributed by atoms with Crippen molar-refractivity contribution in [3.63, 3.8) is 0 Å². The molecular formula is C53H81N3O6. The van der Waals surface area contributed by atoms with Gasteiger partial charge in [0.1, 0.15) is 11.6 Å². The molecular weight excluding hydrogens is 775 g/mol. The number of piperidine rings is 1. The second-order valence-corrected chi connectivity index (χ2v) is 24.3. The van der Waals surface area contributed by atoms with Gasteiger partial charge in [0.05, 0.1) is 6.10 Å². The number of carbonyl (C=O) groups excluding carboxylic acids is 4. The fraction of sp³-hybridized carbons (Fsp3) is 0.774. The summed E-state index contributed by atoms with van der Waals surface area (Å²) in [5, 5.41) is 14.4. The van der Waals surface area contributed by atoms with E-state index in [4.69, 9.17) is 4.74 Å². The second-order valence-electron chi connectivity index (χ2n) is 24.3. The number of allylic oxidation sites excluding steroid dienone is 2. The van der Waals surface area contributed by atoms with Gasteiger partial charge in [-0.2, -0.15) is 0 Å². The molecule has 7 rings (SSSR count). The van der Waals surface area contributed by atoms with E-state index >= 15 is 9.59 Å². The zero-order valence-electron chi connectivity index (χ0n) is 40.5. The van der Waals surface area contributed by atoms with E-state index in [1.165, 1.54) is 5.57 Å². The van der Waals surface area contributed by atoms with Crippen molar-refractivity contribution in [3.05, 3.63) is 47.5 Å². The lowest BCUT2D eigenvalue weighted by atomic mass is 9.33. The molecule has 2 N–H and O–H groups in total. The van der Waals surface area contributed by atoms with Crippen LogP contribution in [-0.4, -0.2) is 75.5 Å². The zero-order valence-corrected chi connectivity index (χ0v) is 40.5. The van der Waals surface area contributed by atoms with Crippen molar-refractivity contribution in [2.24, 2.45) is 56.2 Å². The van der Waals surface area contributed by atoms with Crippen molar-refractivity contribution >= 4 is 23.7 Å². The highest BCUT2D eigenvalue weighted by Gasteiger charge is 2.70. The summed E-state index contributed by atoms with van der Waals surface area (Å²) in [6.45, 7) is 27.5. The van der Waals surface area contributed by atoms with Gasteiger partial charge in [-0.3, -0.25) is 14.4 Å². The maximum absolute atomic E-state index is 15.6. The number of aliphatic hydroxyl groups is 1. The van der Waals surface area contributed by atoms with Crippen molar-refractivity contribution in [3.8, 4) is 0 Å². The highest BCUT2D eigenvalue weighted by atomic mass is 16.6. The van der Waals surface area contributed by atoms with Crippen LogP contribution in [0, 0.1) is 56.2 Å². The first kappa shape index (κ1) is 46.8. The molecule has 9 nitrogen and oxygen atoms in total. The van der Waals surface area contributed by atoms with E-state index < -0.39 is 17.1 Å². The predicted octanol–water partition coefficient (Wildman–Crippen LogP) is 10.3. The third-order valence-electron chi connectivity index (χ3n) is 18.6. The van der Waals surface area contributed by atoms with Crippen molar-refractivity contribution in [1.82, 2.24) is 15.1 Å². The Labute approximate surface area is 373 Å². The van der Waals surface area contributed by atoms with Gasteiger partial charge in [-0.05, 0) is 168 Å². The van der Waals surface area contributed by atoms with Crippen LogP contribution in [0.4, 0.5) is 4.79 Å². The number of hydrogen-bond acceptors (Lipinski definition) is 6. The summed E-state index contributed by atoms with van der Waals surface area (Å²) in [5.74, 6) is 0.576. The van der Waals surface area contributed by atoms with Crippen LogP contribution in [-0.2, 0) is 25.7 Å². The van der Waals surface area contributed by atoms with Crippen LogP contribution in [0.3, 0.4) is 0 Å². The predicted molar refractivity (Wildman–Crippen MR) is 245 cm³/mol. The Bertz CT molecular complexity index is 1910. The molecule has 1 aliphatic heterocycles. The third-order valence-corrected chi connectivity index (χ3v) is 18.6. The summed E-state index contributed by atoms with van der Waals surface area (Å²) in [6, 6.07) is 9.03. The van der Waals surface area contributed by atoms with E-state index in [2.05, 4.69) is 59.9 Å². The molecule has 5 aliphatic carbocycles. The van der Waals surface area contributed by atoms with Gasteiger partial charge in [0.2, 0.25) is 11.8 Å². The fourth-order valence-corrected chi connectivity index (χ4v) is 14.7. The SMILES string of the molecule is CC(C)N(C(=O)[C@@]1(C)CC[C@]2(C)CC[C@]3(C)C(=CC(=O)[C@@H]4[C@@]5(C)CC[C@H](O)C(C)(C)[C@@H]5CC[C@]43C)[C@@H]2C1)[C@@H](CC1CCN(C(=O)OC(C)(C)C)CC1)C(=O)NCc1ccccc1. The number of nitrogens with one attached hydrogen (secondary N) is 1. The van der Waals surface area contributed by atoms with Gasteiger partial charge in [-0.1, -0.05) is 84.4 Å². The van der Waals surface area contributed by atoms with Crippen LogP contribution >= 0.6 is 0 Å². The molecule has 0 bridgehead atoms. The number of ketones is 1. The fourth-order valence-electron chi connectivity index (χ4n) is 14.7. The third kappa shape index (κ3) is 7.99. The number of carbonyl (C=O) groups is 4. The van der Waals surface area contributed by atoms with Crippen molar-refractivity contribution < 1.29 is 29.0 Å². The first-order valence-electron chi connectivity index (χ1n) is 24.4. The minimum absolute atomic E-state index is 0.0239. The summed E-state index contributed by atoms with van der Waals surface area (Å²) < 4.78 is 5.68. The molecule has 1 aromatic carbocycles. The quantitative estimate of drug-likeness (QED) is 0.269. The Kier molecular flexibility index (Phi) is 12.3. The minimum atomic E-state index is -0.723. The maximum atomic E-state index is 15.6. The lowest BCUT2D eigenvalue weighted by Gasteiger charge is -2.70. The van der Waals surface area contributed by atoms with Crippen LogP contribution in [0.1, 0.15) is 166 Å². The minimum Gasteiger partial charge on any atom is -0.444 e. The van der Waals surface area contributed by atoms with Crippen LogP contribution < -0.4 is 5.32 Å². The molecule has 0 aromatic heterocycles. The smallest absolute Gasteiger partial charge is 0.410 e. The van der Waals surface area contributed by atoms with E-state index in [-0.39, 0.29) is 86.6 Å². The molecule has 9 heteroatoms. The summed E-state index contributed by atoms with van der Waals surface area (Å²) in [4.78, 5) is 61.9. The monoisotopic (exact) mass is 856 g/mol. The molecule has 1 saturated heterocycles. The Morgan fingerprint density at radius 1 is 0.887 bits per heavy atom. The molecule has 1 heterocycles. The summed E-state index contributed by atoms with van der Waals surface area (Å²) in [6.07, 6.45) is 11.4. The Morgan fingerprint density at radius 3 is 2.16 bits per heavy atom. The van der Waals surface area contributed by atoms with Crippen LogP contribution in [0.2, 0.25) is 0 Å². The first-order chi connectivity index (χ1) is 28.8. The average Bonchev–Trinajstić information content (AvgIpc) is 3.19. The molecule has 0 unspecified atom stereocenters. The summed E-state index contributed by atoms with van der Waals surface area (Å²) in [7, 11) is 0. The highest BCUT2D eigenvalue weighted by Crippen LogP contribution is 2.75. The highest BCUT2D eigenvalue weighted by molar-refractivity contribution is 5.96. The van der Waals surface area contributed by atoms with Crippen molar-refractivity contribution in [2.45, 2.75) is 190 Å². The lowest BCUT2D eigenvalue weighted by molar-refractivity contribution is -0.202. The van der Waals surface area contributed by atoms with E-state index in [1.54, 1.807) is 4.90 Å². The number of ether oxygens (including phenoxy) is 1. The molecule has 62 heavy (non-hydrogen) atoms. The zero-order chi connectivity index (χ0) is 45.4. The van der Waals surface area contributed by atoms with Gasteiger partial charge in [0.15, 0.2) is 5.78 Å². The van der Waals surface area contributed by atoms with E-state index in [0.29, 0.717) is 32.5 Å². The second kappa shape index (κ2) is 16.3. The standard InChI is InChI=1S/C53H81N3O6/c1-34(2)56(39(44(59)54-33-36-16-14-13-15-17-36)30-35-20-28-55(29-21-35)46(61)62-47(3,4)5)45(60)50(9)25-24-49(8)26-27-52(11)37(38(49)32-50)31-40(57)43-51(10)22-19-42(58)48(6,7)41(51)18-23-53(43,52)12/h13-17,31,34-35,38-39,41-43,58H,18-30,32-33H2,1-12H3,(H,54,59)/t38-,39-,41-,42-,43+,49+,50-,51-,52+,53+/m0/s1. The number of fused-ring (bicyclic) bond motifs is 7. The van der Waals surface area contributed by atoms with Crippen LogP contribution in [0.5, 0.6) is 0 Å². The summed E-state index contributed by atoms with van der Waals surface area (Å²) >= 11 is 0. The molecule has 344 valence electrons. The van der Waals surface area contributed by atoms with E-state index in [9.17, 15) is 14.7 Å².